The summed E-state index contributed by atoms with van der Waals surface area (Å²) < 4.78 is 11.8. The van der Waals surface area contributed by atoms with Crippen LogP contribution in [-0.2, 0) is 17.9 Å². The molecule has 0 fully saturated rings. The molecule has 3 heteroatoms. The Morgan fingerprint density at radius 2 is 2.11 bits per heavy atom. The first kappa shape index (κ1) is 14.1. The summed E-state index contributed by atoms with van der Waals surface area (Å²) in [6.07, 6.45) is 2.54. The number of hydrogen-bond acceptors (Lipinski definition) is 3. The molecular formula is C16H23NO2. The van der Waals surface area contributed by atoms with Crippen LogP contribution in [0.5, 0.6) is 0 Å². The summed E-state index contributed by atoms with van der Waals surface area (Å²) in [5, 5.41) is 4.31. The van der Waals surface area contributed by atoms with Gasteiger partial charge >= 0.3 is 0 Å². The van der Waals surface area contributed by atoms with Crippen molar-refractivity contribution in [2.75, 3.05) is 7.05 Å². The summed E-state index contributed by atoms with van der Waals surface area (Å²) in [6.45, 7) is 5.66. The number of rotatable bonds is 7. The molecule has 2 rings (SSSR count). The molecule has 0 aliphatic heterocycles. The quantitative estimate of drug-likeness (QED) is 0.822. The van der Waals surface area contributed by atoms with Crippen LogP contribution in [0.1, 0.15) is 38.0 Å². The van der Waals surface area contributed by atoms with Gasteiger partial charge in [-0.3, -0.25) is 0 Å². The highest BCUT2D eigenvalue weighted by Gasteiger charge is 2.14. The predicted molar refractivity (Wildman–Crippen MR) is 78.1 cm³/mol. The van der Waals surface area contributed by atoms with E-state index in [2.05, 4.69) is 25.2 Å². The van der Waals surface area contributed by atoms with Gasteiger partial charge in [-0.1, -0.05) is 31.5 Å². The molecule has 1 heterocycles. The molecule has 3 nitrogen and oxygen atoms in total. The number of fused-ring (bicyclic) bond motifs is 1. The van der Waals surface area contributed by atoms with E-state index in [0.29, 0.717) is 12.7 Å². The van der Waals surface area contributed by atoms with E-state index in [4.69, 9.17) is 9.15 Å². The third-order valence-electron chi connectivity index (χ3n) is 3.33. The summed E-state index contributed by atoms with van der Waals surface area (Å²) in [5.41, 5.74) is 2.11. The van der Waals surface area contributed by atoms with Crippen LogP contribution in [0.15, 0.2) is 28.7 Å². The van der Waals surface area contributed by atoms with Crippen molar-refractivity contribution in [3.8, 4) is 0 Å². The number of hydrogen-bond donors (Lipinski definition) is 1. The lowest BCUT2D eigenvalue weighted by atomic mass is 10.1. The summed E-state index contributed by atoms with van der Waals surface area (Å²) in [4.78, 5) is 0. The van der Waals surface area contributed by atoms with E-state index < -0.39 is 0 Å². The van der Waals surface area contributed by atoms with E-state index in [-0.39, 0.29) is 0 Å². The third kappa shape index (κ3) is 3.37. The normalized spacial score (nSPS) is 13.0. The van der Waals surface area contributed by atoms with E-state index in [9.17, 15) is 0 Å². The van der Waals surface area contributed by atoms with Crippen LogP contribution in [0.3, 0.4) is 0 Å². The van der Waals surface area contributed by atoms with E-state index in [1.165, 1.54) is 5.56 Å². The molecular weight excluding hydrogens is 238 g/mol. The van der Waals surface area contributed by atoms with Gasteiger partial charge in [-0.05, 0) is 26.5 Å². The minimum atomic E-state index is 0.293. The fraction of sp³-hybridized carbons (Fsp3) is 0.500. The largest absolute Gasteiger partial charge is 0.459 e. The van der Waals surface area contributed by atoms with Crippen molar-refractivity contribution in [1.29, 1.82) is 0 Å². The highest BCUT2D eigenvalue weighted by molar-refractivity contribution is 5.82. The molecule has 0 saturated heterocycles. The number of furan rings is 1. The van der Waals surface area contributed by atoms with Gasteiger partial charge < -0.3 is 14.5 Å². The molecule has 1 aromatic heterocycles. The SMILES string of the molecule is CCCC(C)OCc1c(CNC)oc2ccccc12. The van der Waals surface area contributed by atoms with Crippen LogP contribution >= 0.6 is 0 Å². The Morgan fingerprint density at radius 1 is 1.32 bits per heavy atom. The average molecular weight is 261 g/mol. The first-order chi connectivity index (χ1) is 9.26. The van der Waals surface area contributed by atoms with Gasteiger partial charge in [0.05, 0.1) is 19.3 Å². The standard InChI is InChI=1S/C16H23NO2/c1-4-7-12(2)18-11-14-13-8-5-6-9-15(13)19-16(14)10-17-3/h5-6,8-9,12,17H,4,7,10-11H2,1-3H3. The maximum absolute atomic E-state index is 5.93. The molecule has 1 unspecified atom stereocenters. The Morgan fingerprint density at radius 3 is 2.84 bits per heavy atom. The molecule has 0 aliphatic rings. The van der Waals surface area contributed by atoms with E-state index >= 15 is 0 Å². The highest BCUT2D eigenvalue weighted by Crippen LogP contribution is 2.27. The Bertz CT molecular complexity index is 518. The summed E-state index contributed by atoms with van der Waals surface area (Å²) in [5.74, 6) is 0.979. The van der Waals surface area contributed by atoms with Gasteiger partial charge in [0.15, 0.2) is 0 Å². The molecule has 104 valence electrons. The minimum Gasteiger partial charge on any atom is -0.459 e. The van der Waals surface area contributed by atoms with E-state index in [0.717, 1.165) is 36.1 Å². The highest BCUT2D eigenvalue weighted by atomic mass is 16.5. The fourth-order valence-electron chi connectivity index (χ4n) is 2.33. The monoisotopic (exact) mass is 261 g/mol. The number of para-hydroxylation sites is 1. The number of nitrogens with one attached hydrogen (secondary N) is 1. The second-order valence-corrected chi connectivity index (χ2v) is 4.94. The van der Waals surface area contributed by atoms with Gasteiger partial charge in [0.2, 0.25) is 0 Å². The second kappa shape index (κ2) is 6.73. The molecule has 0 bridgehead atoms. The predicted octanol–water partition coefficient (Wildman–Crippen LogP) is 3.86. The summed E-state index contributed by atoms with van der Waals surface area (Å²) in [7, 11) is 1.93. The molecule has 1 atom stereocenters. The molecule has 0 aliphatic carbocycles. The van der Waals surface area contributed by atoms with E-state index in [1.807, 2.05) is 25.2 Å². The smallest absolute Gasteiger partial charge is 0.134 e. The summed E-state index contributed by atoms with van der Waals surface area (Å²) >= 11 is 0. The molecule has 1 N–H and O–H groups in total. The fourth-order valence-corrected chi connectivity index (χ4v) is 2.33. The van der Waals surface area contributed by atoms with Gasteiger partial charge in [0.25, 0.3) is 0 Å². The zero-order valence-corrected chi connectivity index (χ0v) is 12.0. The van der Waals surface area contributed by atoms with Crippen molar-refractivity contribution in [2.24, 2.45) is 0 Å². The topological polar surface area (TPSA) is 34.4 Å². The van der Waals surface area contributed by atoms with Gasteiger partial charge in [0.1, 0.15) is 11.3 Å². The lowest BCUT2D eigenvalue weighted by Crippen LogP contribution is -2.10. The average Bonchev–Trinajstić information content (AvgIpc) is 2.75. The van der Waals surface area contributed by atoms with Crippen molar-refractivity contribution in [3.05, 3.63) is 35.6 Å². The summed E-state index contributed by atoms with van der Waals surface area (Å²) in [6, 6.07) is 8.15. The minimum absolute atomic E-state index is 0.293. The Balaban J connectivity index is 2.21. The Labute approximate surface area is 114 Å². The third-order valence-corrected chi connectivity index (χ3v) is 3.33. The van der Waals surface area contributed by atoms with E-state index in [1.54, 1.807) is 0 Å². The van der Waals surface area contributed by atoms with Gasteiger partial charge in [-0.15, -0.1) is 0 Å². The van der Waals surface area contributed by atoms with Crippen LogP contribution in [0.25, 0.3) is 11.0 Å². The Hall–Kier alpha value is -1.32. The van der Waals surface area contributed by atoms with Gasteiger partial charge in [0, 0.05) is 10.9 Å². The number of ether oxygens (including phenoxy) is 1. The Kier molecular flexibility index (Phi) is 5.00. The van der Waals surface area contributed by atoms with Gasteiger partial charge in [-0.25, -0.2) is 0 Å². The lowest BCUT2D eigenvalue weighted by molar-refractivity contribution is 0.0469. The maximum atomic E-state index is 5.93. The molecule has 0 amide bonds. The molecule has 1 aromatic carbocycles. The second-order valence-electron chi connectivity index (χ2n) is 4.94. The molecule has 0 saturated carbocycles. The van der Waals surface area contributed by atoms with Crippen molar-refractivity contribution >= 4 is 11.0 Å². The van der Waals surface area contributed by atoms with Crippen LogP contribution in [0.4, 0.5) is 0 Å². The van der Waals surface area contributed by atoms with Crippen LogP contribution in [-0.4, -0.2) is 13.2 Å². The number of benzene rings is 1. The first-order valence-corrected chi connectivity index (χ1v) is 7.01. The molecule has 19 heavy (non-hydrogen) atoms. The van der Waals surface area contributed by atoms with Crippen molar-refractivity contribution in [2.45, 2.75) is 45.9 Å². The van der Waals surface area contributed by atoms with Crippen LogP contribution in [0, 0.1) is 0 Å². The van der Waals surface area contributed by atoms with Gasteiger partial charge in [-0.2, -0.15) is 0 Å². The first-order valence-electron chi connectivity index (χ1n) is 7.01. The molecule has 0 spiro atoms. The lowest BCUT2D eigenvalue weighted by Gasteiger charge is -2.12. The maximum Gasteiger partial charge on any atom is 0.134 e. The van der Waals surface area contributed by atoms with Crippen molar-refractivity contribution in [1.82, 2.24) is 5.32 Å². The molecule has 0 radical (unpaired) electrons. The van der Waals surface area contributed by atoms with Crippen LogP contribution < -0.4 is 5.32 Å². The zero-order chi connectivity index (χ0) is 13.7. The van der Waals surface area contributed by atoms with Crippen molar-refractivity contribution in [3.63, 3.8) is 0 Å². The zero-order valence-electron chi connectivity index (χ0n) is 12.0. The van der Waals surface area contributed by atoms with Crippen molar-refractivity contribution < 1.29 is 9.15 Å². The molecule has 2 aromatic rings. The van der Waals surface area contributed by atoms with Crippen LogP contribution in [0.2, 0.25) is 0 Å².